The molecule has 0 bridgehead atoms. The first-order valence-electron chi connectivity index (χ1n) is 9.68. The van der Waals surface area contributed by atoms with Crippen molar-refractivity contribution in [3.05, 3.63) is 63.4 Å². The summed E-state index contributed by atoms with van der Waals surface area (Å²) in [6, 6.07) is 15.7. The van der Waals surface area contributed by atoms with Crippen molar-refractivity contribution < 1.29 is 13.0 Å². The average Bonchev–Trinajstić information content (AvgIpc) is 3.25. The van der Waals surface area contributed by atoms with Gasteiger partial charge in [-0.15, -0.1) is 11.3 Å². The number of likely N-dealkylation sites (tertiary alicyclic amines) is 1. The Balaban J connectivity index is 0.000000188. The highest BCUT2D eigenvalue weighted by atomic mass is 79.9. The Hall–Kier alpha value is -1.25. The number of halogens is 1. The van der Waals surface area contributed by atoms with Gasteiger partial charge in [-0.1, -0.05) is 33.6 Å². The van der Waals surface area contributed by atoms with Gasteiger partial charge in [0.2, 0.25) is 0 Å². The number of benzene rings is 2. The summed E-state index contributed by atoms with van der Waals surface area (Å²) in [5.41, 5.74) is 0.956. The van der Waals surface area contributed by atoms with E-state index in [0.717, 1.165) is 11.6 Å². The summed E-state index contributed by atoms with van der Waals surface area (Å²) in [5.74, 6) is 0. The van der Waals surface area contributed by atoms with E-state index in [1.54, 1.807) is 12.1 Å². The van der Waals surface area contributed by atoms with E-state index in [0.29, 0.717) is 0 Å². The van der Waals surface area contributed by atoms with Crippen molar-refractivity contribution in [2.75, 3.05) is 13.1 Å². The van der Waals surface area contributed by atoms with E-state index in [1.165, 1.54) is 63.9 Å². The minimum atomic E-state index is -4.02. The Labute approximate surface area is 185 Å². The molecule has 1 fully saturated rings. The molecular weight excluding hydrogens is 470 g/mol. The molecule has 156 valence electrons. The summed E-state index contributed by atoms with van der Waals surface area (Å²) in [7, 11) is -4.02. The van der Waals surface area contributed by atoms with Crippen LogP contribution in [0.3, 0.4) is 0 Å². The van der Waals surface area contributed by atoms with Crippen LogP contribution < -0.4 is 0 Å². The van der Waals surface area contributed by atoms with E-state index in [4.69, 9.17) is 4.55 Å². The summed E-state index contributed by atoms with van der Waals surface area (Å²) < 4.78 is 32.1. The predicted octanol–water partition coefficient (Wildman–Crippen LogP) is 5.93. The van der Waals surface area contributed by atoms with E-state index in [9.17, 15) is 8.42 Å². The molecule has 1 N–H and O–H groups in total. The summed E-state index contributed by atoms with van der Waals surface area (Å²) in [5, 5.41) is 1.37. The molecule has 2 aromatic carbocycles. The lowest BCUT2D eigenvalue weighted by atomic mass is 10.2. The monoisotopic (exact) mass is 495 g/mol. The maximum Gasteiger partial charge on any atom is 0.294 e. The quantitative estimate of drug-likeness (QED) is 0.455. The van der Waals surface area contributed by atoms with Gasteiger partial charge >= 0.3 is 0 Å². The molecule has 29 heavy (non-hydrogen) atoms. The highest BCUT2D eigenvalue weighted by Gasteiger charge is 2.19. The van der Waals surface area contributed by atoms with Crippen LogP contribution in [0.1, 0.15) is 30.2 Å². The maximum absolute atomic E-state index is 10.5. The normalized spacial score (nSPS) is 17.3. The molecule has 4 rings (SSSR count). The number of aryl methyl sites for hydroxylation is 1. The fourth-order valence-corrected chi connectivity index (χ4v) is 5.37. The third kappa shape index (κ3) is 6.36. The van der Waals surface area contributed by atoms with E-state index >= 15 is 0 Å². The van der Waals surface area contributed by atoms with E-state index < -0.39 is 10.1 Å². The third-order valence-electron chi connectivity index (χ3n) is 5.18. The van der Waals surface area contributed by atoms with Gasteiger partial charge < -0.3 is 4.90 Å². The van der Waals surface area contributed by atoms with Crippen LogP contribution in [-0.2, 0) is 16.5 Å². The van der Waals surface area contributed by atoms with Gasteiger partial charge in [-0.2, -0.15) is 8.42 Å². The first-order chi connectivity index (χ1) is 13.7. The largest absolute Gasteiger partial charge is 0.300 e. The second-order valence-electron chi connectivity index (χ2n) is 7.46. The van der Waals surface area contributed by atoms with Crippen molar-refractivity contribution in [1.82, 2.24) is 4.90 Å². The van der Waals surface area contributed by atoms with Gasteiger partial charge in [0.25, 0.3) is 10.1 Å². The molecule has 0 radical (unpaired) electrons. The van der Waals surface area contributed by atoms with Crippen molar-refractivity contribution in [3.63, 3.8) is 0 Å². The van der Waals surface area contributed by atoms with Crippen LogP contribution in [0.4, 0.5) is 0 Å². The number of rotatable bonds is 4. The molecule has 1 aliphatic rings. The van der Waals surface area contributed by atoms with Gasteiger partial charge in [-0.05, 0) is 81.4 Å². The van der Waals surface area contributed by atoms with Crippen LogP contribution in [0.15, 0.2) is 57.9 Å². The van der Waals surface area contributed by atoms with Crippen molar-refractivity contribution in [2.24, 2.45) is 0 Å². The molecule has 0 amide bonds. The summed E-state index contributed by atoms with van der Waals surface area (Å²) in [6.45, 7) is 6.70. The molecule has 7 heteroatoms. The molecule has 3 aromatic rings. The number of hydrogen-bond donors (Lipinski definition) is 1. The van der Waals surface area contributed by atoms with Crippen molar-refractivity contribution in [3.8, 4) is 0 Å². The minimum absolute atomic E-state index is 0.0666. The first-order valence-corrected chi connectivity index (χ1v) is 12.7. The Kier molecular flexibility index (Phi) is 7.51. The van der Waals surface area contributed by atoms with Gasteiger partial charge in [0, 0.05) is 26.6 Å². The highest BCUT2D eigenvalue weighted by Crippen LogP contribution is 2.29. The Morgan fingerprint density at radius 1 is 1.17 bits per heavy atom. The zero-order valence-corrected chi connectivity index (χ0v) is 19.9. The molecule has 2 heterocycles. The summed E-state index contributed by atoms with van der Waals surface area (Å²) in [6.07, 6.45) is 3.95. The molecule has 0 aliphatic carbocycles. The molecule has 0 unspecified atom stereocenters. The van der Waals surface area contributed by atoms with Crippen LogP contribution >= 0.6 is 27.3 Å². The second-order valence-corrected chi connectivity index (χ2v) is 11.0. The molecule has 1 aromatic heterocycles. The van der Waals surface area contributed by atoms with Crippen molar-refractivity contribution in [2.45, 2.75) is 44.0 Å². The number of nitrogens with zero attached hydrogens (tertiary/aromatic N) is 1. The lowest BCUT2D eigenvalue weighted by Crippen LogP contribution is -2.28. The van der Waals surface area contributed by atoms with Crippen LogP contribution in [0.25, 0.3) is 10.1 Å². The molecule has 4 nitrogen and oxygen atoms in total. The predicted molar refractivity (Wildman–Crippen MR) is 124 cm³/mol. The van der Waals surface area contributed by atoms with Gasteiger partial charge in [0.1, 0.15) is 0 Å². The fraction of sp³-hybridized carbons (Fsp3) is 0.364. The van der Waals surface area contributed by atoms with Crippen LogP contribution in [-0.4, -0.2) is 37.0 Å². The summed E-state index contributed by atoms with van der Waals surface area (Å²) in [4.78, 5) is 4.07. The molecular formula is C22H26BrNO3S2. The van der Waals surface area contributed by atoms with Gasteiger partial charge in [-0.3, -0.25) is 4.55 Å². The molecule has 1 atom stereocenters. The van der Waals surface area contributed by atoms with Crippen molar-refractivity contribution in [1.29, 1.82) is 0 Å². The van der Waals surface area contributed by atoms with E-state index in [1.807, 2.05) is 18.3 Å². The van der Waals surface area contributed by atoms with E-state index in [2.05, 4.69) is 52.0 Å². The van der Waals surface area contributed by atoms with Gasteiger partial charge in [0.05, 0.1) is 4.90 Å². The smallest absolute Gasteiger partial charge is 0.294 e. The maximum atomic E-state index is 10.5. The van der Waals surface area contributed by atoms with E-state index in [-0.39, 0.29) is 4.90 Å². The summed E-state index contributed by atoms with van der Waals surface area (Å²) >= 11 is 5.48. The molecule has 1 saturated heterocycles. The topological polar surface area (TPSA) is 57.6 Å². The molecule has 1 aliphatic heterocycles. The van der Waals surface area contributed by atoms with Crippen molar-refractivity contribution >= 4 is 47.5 Å². The first kappa shape index (κ1) is 22.4. The average molecular weight is 496 g/mol. The van der Waals surface area contributed by atoms with Crippen LogP contribution in [0.2, 0.25) is 0 Å². The zero-order chi connectivity index (χ0) is 21.0. The lowest BCUT2D eigenvalue weighted by molar-refractivity contribution is 0.273. The standard InChI is InChI=1S/C15H18BrNS.C7H8O3S/c1-11-3-2-7-17(11)8-6-14-10-12-9-13(16)4-5-15(12)18-14;1-6-2-4-7(5-3-6)11(8,9)10/h4-5,9-11H,2-3,6-8H2,1H3;2-5H,1H3,(H,8,9,10)/t11-;/m1./s1. The van der Waals surface area contributed by atoms with Gasteiger partial charge in [0.15, 0.2) is 0 Å². The van der Waals surface area contributed by atoms with Gasteiger partial charge in [-0.25, -0.2) is 0 Å². The fourth-order valence-electron chi connectivity index (χ4n) is 3.48. The Morgan fingerprint density at radius 3 is 2.52 bits per heavy atom. The molecule has 0 saturated carbocycles. The Bertz CT molecular complexity index is 1060. The number of fused-ring (bicyclic) bond motifs is 1. The highest BCUT2D eigenvalue weighted by molar-refractivity contribution is 9.10. The minimum Gasteiger partial charge on any atom is -0.300 e. The Morgan fingerprint density at radius 2 is 1.90 bits per heavy atom. The lowest BCUT2D eigenvalue weighted by Gasteiger charge is -2.20. The number of hydrogen-bond acceptors (Lipinski definition) is 4. The second kappa shape index (κ2) is 9.71. The zero-order valence-electron chi connectivity index (χ0n) is 16.6. The van der Waals surface area contributed by atoms with Crippen LogP contribution in [0, 0.1) is 6.92 Å². The molecule has 0 spiro atoms. The third-order valence-corrected chi connectivity index (χ3v) is 7.72. The SMILES string of the molecule is C[C@@H]1CCCN1CCc1cc2cc(Br)ccc2s1.Cc1ccc(S(=O)(=O)O)cc1. The number of thiophene rings is 1. The van der Waals surface area contributed by atoms with Crippen LogP contribution in [0.5, 0.6) is 0 Å².